The molecule has 5 heteroatoms. The fourth-order valence-corrected chi connectivity index (χ4v) is 3.52. The lowest BCUT2D eigenvalue weighted by Gasteiger charge is -2.35. The van der Waals surface area contributed by atoms with E-state index in [1.165, 1.54) is 0 Å². The molecule has 4 nitrogen and oxygen atoms in total. The van der Waals surface area contributed by atoms with Gasteiger partial charge in [-0.25, -0.2) is 8.42 Å². The van der Waals surface area contributed by atoms with Crippen molar-refractivity contribution in [3.63, 3.8) is 0 Å². The third kappa shape index (κ3) is 1.87. The molecule has 1 rings (SSSR count). The zero-order valence-corrected chi connectivity index (χ0v) is 8.86. The second kappa shape index (κ2) is 3.94. The van der Waals surface area contributed by atoms with E-state index in [4.69, 9.17) is 5.73 Å². The zero-order chi connectivity index (χ0) is 9.95. The maximum atomic E-state index is 11.8. The van der Waals surface area contributed by atoms with Crippen molar-refractivity contribution in [1.29, 1.82) is 0 Å². The van der Waals surface area contributed by atoms with E-state index in [0.29, 0.717) is 12.8 Å². The molecule has 13 heavy (non-hydrogen) atoms. The first kappa shape index (κ1) is 10.9. The summed E-state index contributed by atoms with van der Waals surface area (Å²) in [6.07, 6.45) is 1.30. The van der Waals surface area contributed by atoms with E-state index in [-0.39, 0.29) is 12.3 Å². The summed E-state index contributed by atoms with van der Waals surface area (Å²) in [5.41, 5.74) is 5.59. The Labute approximate surface area is 79.8 Å². The van der Waals surface area contributed by atoms with Gasteiger partial charge in [-0.1, -0.05) is 6.92 Å². The SMILES string of the molecule is CCS(=O)(=O)C1(CN)CCNCC1. The van der Waals surface area contributed by atoms with Crippen LogP contribution in [0.3, 0.4) is 0 Å². The van der Waals surface area contributed by atoms with Gasteiger partial charge in [-0.05, 0) is 25.9 Å². The fourth-order valence-electron chi connectivity index (χ4n) is 1.83. The number of rotatable bonds is 3. The van der Waals surface area contributed by atoms with Crippen molar-refractivity contribution < 1.29 is 8.42 Å². The van der Waals surface area contributed by atoms with Gasteiger partial charge in [0.15, 0.2) is 9.84 Å². The van der Waals surface area contributed by atoms with Crippen molar-refractivity contribution in [3.05, 3.63) is 0 Å². The summed E-state index contributed by atoms with van der Waals surface area (Å²) in [4.78, 5) is 0. The summed E-state index contributed by atoms with van der Waals surface area (Å²) in [5.74, 6) is 0.199. The van der Waals surface area contributed by atoms with Crippen molar-refractivity contribution in [3.8, 4) is 0 Å². The van der Waals surface area contributed by atoms with Crippen LogP contribution in [0.2, 0.25) is 0 Å². The first-order valence-electron chi connectivity index (χ1n) is 4.71. The second-order valence-corrected chi connectivity index (χ2v) is 6.21. The van der Waals surface area contributed by atoms with Crippen LogP contribution in [0, 0.1) is 0 Å². The average Bonchev–Trinajstić information content (AvgIpc) is 2.18. The fraction of sp³-hybridized carbons (Fsp3) is 1.00. The molecule has 0 atom stereocenters. The highest BCUT2D eigenvalue weighted by atomic mass is 32.2. The molecule has 1 aliphatic heterocycles. The predicted octanol–water partition coefficient (Wildman–Crippen LogP) is -0.498. The van der Waals surface area contributed by atoms with Gasteiger partial charge in [0.25, 0.3) is 0 Å². The van der Waals surface area contributed by atoms with E-state index < -0.39 is 14.6 Å². The lowest BCUT2D eigenvalue weighted by molar-refractivity contribution is 0.392. The smallest absolute Gasteiger partial charge is 0.157 e. The number of sulfone groups is 1. The Kier molecular flexibility index (Phi) is 3.32. The first-order chi connectivity index (χ1) is 6.08. The molecule has 1 saturated heterocycles. The highest BCUT2D eigenvalue weighted by Gasteiger charge is 2.41. The quantitative estimate of drug-likeness (QED) is 0.653. The molecule has 0 radical (unpaired) electrons. The molecular weight excluding hydrogens is 188 g/mol. The average molecular weight is 206 g/mol. The van der Waals surface area contributed by atoms with Crippen molar-refractivity contribution >= 4 is 9.84 Å². The molecule has 78 valence electrons. The van der Waals surface area contributed by atoms with Crippen molar-refractivity contribution in [1.82, 2.24) is 5.32 Å². The Hall–Kier alpha value is -0.130. The summed E-state index contributed by atoms with van der Waals surface area (Å²) in [5, 5.41) is 3.15. The standard InChI is InChI=1S/C8H18N2O2S/c1-2-13(11,12)8(7-9)3-5-10-6-4-8/h10H,2-7,9H2,1H3. The minimum atomic E-state index is -3.00. The highest BCUT2D eigenvalue weighted by Crippen LogP contribution is 2.27. The van der Waals surface area contributed by atoms with E-state index in [1.807, 2.05) is 0 Å². The molecule has 1 fully saturated rings. The minimum Gasteiger partial charge on any atom is -0.329 e. The normalized spacial score (nSPS) is 22.9. The third-order valence-electron chi connectivity index (χ3n) is 2.93. The van der Waals surface area contributed by atoms with Crippen LogP contribution in [0.4, 0.5) is 0 Å². The lowest BCUT2D eigenvalue weighted by atomic mass is 9.97. The monoisotopic (exact) mass is 206 g/mol. The molecule has 0 aliphatic carbocycles. The summed E-state index contributed by atoms with van der Waals surface area (Å²) in [7, 11) is -3.00. The highest BCUT2D eigenvalue weighted by molar-refractivity contribution is 7.92. The van der Waals surface area contributed by atoms with Gasteiger partial charge >= 0.3 is 0 Å². The summed E-state index contributed by atoms with van der Waals surface area (Å²) in [6, 6.07) is 0. The van der Waals surface area contributed by atoms with Crippen LogP contribution in [0.25, 0.3) is 0 Å². The molecule has 0 unspecified atom stereocenters. The lowest BCUT2D eigenvalue weighted by Crippen LogP contribution is -2.53. The molecule has 0 amide bonds. The maximum Gasteiger partial charge on any atom is 0.157 e. The van der Waals surface area contributed by atoms with Gasteiger partial charge in [0.2, 0.25) is 0 Å². The van der Waals surface area contributed by atoms with Gasteiger partial charge in [-0.3, -0.25) is 0 Å². The van der Waals surface area contributed by atoms with Gasteiger partial charge in [0.05, 0.1) is 4.75 Å². The summed E-state index contributed by atoms with van der Waals surface area (Å²) in [6.45, 7) is 3.46. The van der Waals surface area contributed by atoms with Crippen LogP contribution in [0.5, 0.6) is 0 Å². The molecule has 1 aliphatic rings. The Morgan fingerprint density at radius 3 is 2.31 bits per heavy atom. The minimum absolute atomic E-state index is 0.199. The number of nitrogens with one attached hydrogen (secondary N) is 1. The molecule has 0 aromatic carbocycles. The van der Waals surface area contributed by atoms with Gasteiger partial charge in [-0.15, -0.1) is 0 Å². The molecule has 1 heterocycles. The number of nitrogens with two attached hydrogens (primary N) is 1. The van der Waals surface area contributed by atoms with Crippen LogP contribution in [0.1, 0.15) is 19.8 Å². The van der Waals surface area contributed by atoms with Crippen LogP contribution in [-0.2, 0) is 9.84 Å². The van der Waals surface area contributed by atoms with Gasteiger partial charge < -0.3 is 11.1 Å². The van der Waals surface area contributed by atoms with Crippen LogP contribution < -0.4 is 11.1 Å². The maximum absolute atomic E-state index is 11.8. The Balaban J connectivity index is 2.91. The molecule has 0 bridgehead atoms. The molecule has 3 N–H and O–H groups in total. The zero-order valence-electron chi connectivity index (χ0n) is 8.04. The van der Waals surface area contributed by atoms with Crippen LogP contribution in [0.15, 0.2) is 0 Å². The largest absolute Gasteiger partial charge is 0.329 e. The molecule has 0 spiro atoms. The van der Waals surface area contributed by atoms with Crippen LogP contribution >= 0.6 is 0 Å². The summed E-state index contributed by atoms with van der Waals surface area (Å²) >= 11 is 0. The predicted molar refractivity (Wildman–Crippen MR) is 53.3 cm³/mol. The number of piperidine rings is 1. The number of hydrogen-bond acceptors (Lipinski definition) is 4. The molecular formula is C8H18N2O2S. The Morgan fingerprint density at radius 1 is 1.38 bits per heavy atom. The van der Waals surface area contributed by atoms with Crippen LogP contribution in [-0.4, -0.2) is 38.6 Å². The van der Waals surface area contributed by atoms with E-state index >= 15 is 0 Å². The van der Waals surface area contributed by atoms with E-state index in [2.05, 4.69) is 5.32 Å². The van der Waals surface area contributed by atoms with E-state index in [9.17, 15) is 8.42 Å². The summed E-state index contributed by atoms with van der Waals surface area (Å²) < 4.78 is 23.0. The van der Waals surface area contributed by atoms with Crippen molar-refractivity contribution in [2.45, 2.75) is 24.5 Å². The van der Waals surface area contributed by atoms with Crippen molar-refractivity contribution in [2.24, 2.45) is 5.73 Å². The molecule has 0 aromatic rings. The molecule has 0 saturated carbocycles. The Bertz CT molecular complexity index is 255. The van der Waals surface area contributed by atoms with E-state index in [0.717, 1.165) is 13.1 Å². The topological polar surface area (TPSA) is 72.2 Å². The number of hydrogen-bond donors (Lipinski definition) is 2. The Morgan fingerprint density at radius 2 is 1.92 bits per heavy atom. The van der Waals surface area contributed by atoms with E-state index in [1.54, 1.807) is 6.92 Å². The van der Waals surface area contributed by atoms with Gasteiger partial charge in [0, 0.05) is 12.3 Å². The van der Waals surface area contributed by atoms with Gasteiger partial charge in [0.1, 0.15) is 0 Å². The first-order valence-corrected chi connectivity index (χ1v) is 6.36. The molecule has 0 aromatic heterocycles. The van der Waals surface area contributed by atoms with Crippen molar-refractivity contribution in [2.75, 3.05) is 25.4 Å². The van der Waals surface area contributed by atoms with Gasteiger partial charge in [-0.2, -0.15) is 0 Å². The third-order valence-corrected chi connectivity index (χ3v) is 5.58. The second-order valence-electron chi connectivity index (χ2n) is 3.54.